The van der Waals surface area contributed by atoms with Gasteiger partial charge in [0.05, 0.1) is 0 Å². The molecule has 1 fully saturated rings. The Labute approximate surface area is 120 Å². The zero-order valence-electron chi connectivity index (χ0n) is 12.0. The van der Waals surface area contributed by atoms with Crippen molar-refractivity contribution in [2.75, 3.05) is 6.61 Å². The van der Waals surface area contributed by atoms with Crippen LogP contribution in [0.4, 0.5) is 0 Å². The normalized spacial score (nSPS) is 25.8. The number of carbonyl (C=O) groups is 1. The lowest BCUT2D eigenvalue weighted by Gasteiger charge is -2.34. The maximum atomic E-state index is 12.5. The number of aliphatic hydroxyl groups excluding tert-OH is 1. The highest BCUT2D eigenvalue weighted by molar-refractivity contribution is 5.87. The van der Waals surface area contributed by atoms with Gasteiger partial charge in [-0.3, -0.25) is 4.79 Å². The van der Waals surface area contributed by atoms with Crippen LogP contribution in [0.3, 0.4) is 0 Å². The summed E-state index contributed by atoms with van der Waals surface area (Å²) in [6.07, 6.45) is 4.10. The molecular formula is C16H24N2O2. The van der Waals surface area contributed by atoms with Gasteiger partial charge in [-0.2, -0.15) is 0 Å². The fraction of sp³-hybridized carbons (Fsp3) is 0.562. The molecule has 3 unspecified atom stereocenters. The van der Waals surface area contributed by atoms with Gasteiger partial charge in [0.1, 0.15) is 5.54 Å². The fourth-order valence-corrected chi connectivity index (χ4v) is 2.85. The molecule has 1 saturated carbocycles. The molecule has 0 aliphatic heterocycles. The summed E-state index contributed by atoms with van der Waals surface area (Å²) in [6.45, 7) is 1.85. The molecule has 0 aromatic heterocycles. The standard InChI is InChI=1S/C16H24N2O2/c1-16(17,13-8-3-2-4-9-13)15(20)18-14-10-6-5-7-12(14)11-19/h2-4,8-9,12,14,19H,5-7,10-11,17H2,1H3,(H,18,20). The Bertz CT molecular complexity index is 445. The summed E-state index contributed by atoms with van der Waals surface area (Å²) in [6, 6.07) is 9.43. The van der Waals surface area contributed by atoms with Crippen molar-refractivity contribution in [2.24, 2.45) is 11.7 Å². The van der Waals surface area contributed by atoms with Crippen LogP contribution in [-0.2, 0) is 10.3 Å². The summed E-state index contributed by atoms with van der Waals surface area (Å²) in [5, 5.41) is 12.4. The van der Waals surface area contributed by atoms with E-state index in [1.54, 1.807) is 6.92 Å². The van der Waals surface area contributed by atoms with Gasteiger partial charge in [0, 0.05) is 18.6 Å². The second-order valence-electron chi connectivity index (χ2n) is 5.88. The Morgan fingerprint density at radius 3 is 2.65 bits per heavy atom. The third-order valence-corrected chi connectivity index (χ3v) is 4.31. The van der Waals surface area contributed by atoms with Crippen LogP contribution in [0.1, 0.15) is 38.2 Å². The van der Waals surface area contributed by atoms with Crippen LogP contribution in [0.2, 0.25) is 0 Å². The van der Waals surface area contributed by atoms with Gasteiger partial charge < -0.3 is 16.2 Å². The molecule has 3 atom stereocenters. The maximum Gasteiger partial charge on any atom is 0.244 e. The molecule has 2 rings (SSSR count). The average Bonchev–Trinajstić information content (AvgIpc) is 2.48. The number of hydrogen-bond acceptors (Lipinski definition) is 3. The number of hydrogen-bond donors (Lipinski definition) is 3. The third-order valence-electron chi connectivity index (χ3n) is 4.31. The number of nitrogens with one attached hydrogen (secondary N) is 1. The molecule has 0 saturated heterocycles. The topological polar surface area (TPSA) is 75.4 Å². The molecule has 4 nitrogen and oxygen atoms in total. The first-order valence-corrected chi connectivity index (χ1v) is 7.32. The SMILES string of the molecule is CC(N)(C(=O)NC1CCCCC1CO)c1ccccc1. The quantitative estimate of drug-likeness (QED) is 0.780. The first kappa shape index (κ1) is 15.0. The number of carbonyl (C=O) groups excluding carboxylic acids is 1. The highest BCUT2D eigenvalue weighted by atomic mass is 16.3. The highest BCUT2D eigenvalue weighted by Gasteiger charge is 2.34. The highest BCUT2D eigenvalue weighted by Crippen LogP contribution is 2.25. The van der Waals surface area contributed by atoms with E-state index in [4.69, 9.17) is 5.73 Å². The zero-order valence-corrected chi connectivity index (χ0v) is 12.0. The van der Waals surface area contributed by atoms with E-state index >= 15 is 0 Å². The van der Waals surface area contributed by atoms with Gasteiger partial charge in [0.25, 0.3) is 0 Å². The van der Waals surface area contributed by atoms with Gasteiger partial charge >= 0.3 is 0 Å². The smallest absolute Gasteiger partial charge is 0.244 e. The monoisotopic (exact) mass is 276 g/mol. The van der Waals surface area contributed by atoms with Crippen molar-refractivity contribution in [1.29, 1.82) is 0 Å². The van der Waals surface area contributed by atoms with E-state index in [2.05, 4.69) is 5.32 Å². The van der Waals surface area contributed by atoms with Gasteiger partial charge in [-0.05, 0) is 25.3 Å². The minimum Gasteiger partial charge on any atom is -0.396 e. The number of aliphatic hydroxyl groups is 1. The van der Waals surface area contributed by atoms with Crippen molar-refractivity contribution >= 4 is 5.91 Å². The van der Waals surface area contributed by atoms with E-state index in [-0.39, 0.29) is 24.5 Å². The lowest BCUT2D eigenvalue weighted by Crippen LogP contribution is -2.54. The molecule has 110 valence electrons. The molecule has 20 heavy (non-hydrogen) atoms. The van der Waals surface area contributed by atoms with Crippen molar-refractivity contribution in [2.45, 2.75) is 44.2 Å². The van der Waals surface area contributed by atoms with Crippen molar-refractivity contribution < 1.29 is 9.90 Å². The Kier molecular flexibility index (Phi) is 4.78. The zero-order chi connectivity index (χ0) is 14.6. The van der Waals surface area contributed by atoms with Gasteiger partial charge in [0.15, 0.2) is 0 Å². The van der Waals surface area contributed by atoms with Crippen LogP contribution in [0, 0.1) is 5.92 Å². The molecule has 0 spiro atoms. The summed E-state index contributed by atoms with van der Waals surface area (Å²) in [5.74, 6) is -0.0201. The van der Waals surface area contributed by atoms with Crippen molar-refractivity contribution in [3.05, 3.63) is 35.9 Å². The fourth-order valence-electron chi connectivity index (χ4n) is 2.85. The average molecular weight is 276 g/mol. The third kappa shape index (κ3) is 3.19. The van der Waals surface area contributed by atoms with Crippen LogP contribution < -0.4 is 11.1 Å². The predicted molar refractivity (Wildman–Crippen MR) is 79.0 cm³/mol. The Hall–Kier alpha value is -1.39. The first-order valence-electron chi connectivity index (χ1n) is 7.32. The van der Waals surface area contributed by atoms with Crippen molar-refractivity contribution in [3.63, 3.8) is 0 Å². The lowest BCUT2D eigenvalue weighted by atomic mass is 9.84. The molecule has 0 heterocycles. The molecular weight excluding hydrogens is 252 g/mol. The minimum absolute atomic E-state index is 0.0350. The second kappa shape index (κ2) is 6.37. The summed E-state index contributed by atoms with van der Waals surface area (Å²) >= 11 is 0. The summed E-state index contributed by atoms with van der Waals surface area (Å²) < 4.78 is 0. The molecule has 0 radical (unpaired) electrons. The molecule has 1 aliphatic carbocycles. The van der Waals surface area contributed by atoms with Gasteiger partial charge in [-0.25, -0.2) is 0 Å². The number of nitrogens with two attached hydrogens (primary N) is 1. The van der Waals surface area contributed by atoms with E-state index in [1.165, 1.54) is 0 Å². The number of amides is 1. The molecule has 1 aliphatic rings. The minimum atomic E-state index is -1.04. The largest absolute Gasteiger partial charge is 0.396 e. The molecule has 0 bridgehead atoms. The van der Waals surface area contributed by atoms with Gasteiger partial charge in [0.2, 0.25) is 5.91 Å². The maximum absolute atomic E-state index is 12.5. The Morgan fingerprint density at radius 1 is 1.35 bits per heavy atom. The molecule has 1 amide bonds. The van der Waals surface area contributed by atoms with E-state index in [9.17, 15) is 9.90 Å². The van der Waals surface area contributed by atoms with E-state index in [0.717, 1.165) is 31.2 Å². The van der Waals surface area contributed by atoms with Crippen molar-refractivity contribution in [1.82, 2.24) is 5.32 Å². The second-order valence-corrected chi connectivity index (χ2v) is 5.88. The van der Waals surface area contributed by atoms with E-state index < -0.39 is 5.54 Å². The number of benzene rings is 1. The summed E-state index contributed by atoms with van der Waals surface area (Å²) in [5.41, 5.74) is 5.97. The molecule has 1 aromatic carbocycles. The predicted octanol–water partition coefficient (Wildman–Crippen LogP) is 1.53. The first-order chi connectivity index (χ1) is 9.55. The van der Waals surface area contributed by atoms with Crippen LogP contribution >= 0.6 is 0 Å². The Morgan fingerprint density at radius 2 is 2.00 bits per heavy atom. The van der Waals surface area contributed by atoms with Crippen molar-refractivity contribution in [3.8, 4) is 0 Å². The Balaban J connectivity index is 2.07. The molecule has 1 aromatic rings. The van der Waals surface area contributed by atoms with Crippen LogP contribution in [0.15, 0.2) is 30.3 Å². The summed E-state index contributed by atoms with van der Waals surface area (Å²) in [7, 11) is 0. The molecule has 4 N–H and O–H groups in total. The van der Waals surface area contributed by atoms with Gasteiger partial charge in [-0.1, -0.05) is 43.2 Å². The number of rotatable bonds is 4. The van der Waals surface area contributed by atoms with Crippen LogP contribution in [0.25, 0.3) is 0 Å². The van der Waals surface area contributed by atoms with E-state index in [0.29, 0.717) is 0 Å². The lowest BCUT2D eigenvalue weighted by molar-refractivity contribution is -0.127. The van der Waals surface area contributed by atoms with Crippen LogP contribution in [-0.4, -0.2) is 23.7 Å². The van der Waals surface area contributed by atoms with Gasteiger partial charge in [-0.15, -0.1) is 0 Å². The summed E-state index contributed by atoms with van der Waals surface area (Å²) in [4.78, 5) is 12.5. The van der Waals surface area contributed by atoms with E-state index in [1.807, 2.05) is 30.3 Å². The van der Waals surface area contributed by atoms with Crippen LogP contribution in [0.5, 0.6) is 0 Å². The molecule has 4 heteroatoms.